The topological polar surface area (TPSA) is 34.1 Å². The molecular weight excluding hydrogens is 176 g/mol. The maximum atomic E-state index is 11.1. The molecule has 0 aromatic carbocycles. The van der Waals surface area contributed by atoms with Crippen molar-refractivity contribution in [2.75, 3.05) is 0 Å². The van der Waals surface area contributed by atoms with Crippen molar-refractivity contribution in [3.05, 3.63) is 12.7 Å². The van der Waals surface area contributed by atoms with E-state index in [0.717, 1.165) is 32.1 Å². The Hall–Kier alpha value is -0.920. The van der Waals surface area contributed by atoms with E-state index in [2.05, 4.69) is 6.58 Å². The van der Waals surface area contributed by atoms with Gasteiger partial charge in [-0.2, -0.15) is 0 Å². The van der Waals surface area contributed by atoms with Crippen LogP contribution in [0.25, 0.3) is 0 Å². The molecule has 0 N–H and O–H groups in total. The molecule has 0 rings (SSSR count). The maximum absolute atomic E-state index is 11.1. The lowest BCUT2D eigenvalue weighted by Crippen LogP contribution is -2.03. The van der Waals surface area contributed by atoms with Crippen molar-refractivity contribution in [2.45, 2.75) is 51.9 Å². The van der Waals surface area contributed by atoms with Crippen LogP contribution in [-0.2, 0) is 9.59 Å². The van der Waals surface area contributed by atoms with E-state index in [0.29, 0.717) is 6.42 Å². The lowest BCUT2D eigenvalue weighted by molar-refractivity contribution is -0.125. The fraction of sp³-hybridized carbons (Fsp3) is 0.667. The summed E-state index contributed by atoms with van der Waals surface area (Å²) in [6.07, 6.45) is 7.97. The third kappa shape index (κ3) is 9.17. The SMILES string of the molecule is C=CCCCCCCC(=O)CC(C)=O. The van der Waals surface area contributed by atoms with E-state index in [1.54, 1.807) is 0 Å². The molecule has 0 unspecified atom stereocenters. The molecule has 14 heavy (non-hydrogen) atoms. The molecule has 0 aliphatic rings. The summed E-state index contributed by atoms with van der Waals surface area (Å²) in [5.74, 6) is 0.0582. The van der Waals surface area contributed by atoms with Crippen molar-refractivity contribution in [1.29, 1.82) is 0 Å². The third-order valence-electron chi connectivity index (χ3n) is 2.06. The van der Waals surface area contributed by atoms with E-state index in [1.807, 2.05) is 6.08 Å². The normalized spacial score (nSPS) is 9.79. The molecule has 0 atom stereocenters. The minimum Gasteiger partial charge on any atom is -0.300 e. The quantitative estimate of drug-likeness (QED) is 0.322. The van der Waals surface area contributed by atoms with Crippen LogP contribution in [0.1, 0.15) is 51.9 Å². The molecule has 0 bridgehead atoms. The van der Waals surface area contributed by atoms with Gasteiger partial charge in [-0.05, 0) is 26.2 Å². The first-order valence-electron chi connectivity index (χ1n) is 5.29. The average Bonchev–Trinajstić information content (AvgIpc) is 2.10. The maximum Gasteiger partial charge on any atom is 0.140 e. The Kier molecular flexibility index (Phi) is 8.10. The first kappa shape index (κ1) is 13.1. The van der Waals surface area contributed by atoms with Gasteiger partial charge in [0.05, 0.1) is 6.42 Å². The molecule has 0 aromatic heterocycles. The lowest BCUT2D eigenvalue weighted by Gasteiger charge is -1.98. The van der Waals surface area contributed by atoms with Crippen LogP contribution < -0.4 is 0 Å². The van der Waals surface area contributed by atoms with Gasteiger partial charge >= 0.3 is 0 Å². The molecule has 0 fully saturated rings. The summed E-state index contributed by atoms with van der Waals surface area (Å²) >= 11 is 0. The molecule has 0 saturated carbocycles. The van der Waals surface area contributed by atoms with Crippen LogP contribution in [0.5, 0.6) is 0 Å². The number of rotatable bonds is 9. The average molecular weight is 196 g/mol. The second-order valence-electron chi connectivity index (χ2n) is 3.66. The Morgan fingerprint density at radius 2 is 1.79 bits per heavy atom. The van der Waals surface area contributed by atoms with Crippen molar-refractivity contribution in [2.24, 2.45) is 0 Å². The summed E-state index contributed by atoms with van der Waals surface area (Å²) < 4.78 is 0. The monoisotopic (exact) mass is 196 g/mol. The molecule has 0 spiro atoms. The summed E-state index contributed by atoms with van der Waals surface area (Å²) in [5.41, 5.74) is 0. The number of unbranched alkanes of at least 4 members (excludes halogenated alkanes) is 4. The van der Waals surface area contributed by atoms with Crippen LogP contribution in [0, 0.1) is 0 Å². The standard InChI is InChI=1S/C12H20O2/c1-3-4-5-6-7-8-9-12(14)10-11(2)13/h3H,1,4-10H2,2H3. The molecule has 0 radical (unpaired) electrons. The van der Waals surface area contributed by atoms with Crippen molar-refractivity contribution < 1.29 is 9.59 Å². The first-order valence-corrected chi connectivity index (χ1v) is 5.29. The summed E-state index contributed by atoms with van der Waals surface area (Å²) in [4.78, 5) is 21.7. The van der Waals surface area contributed by atoms with E-state index < -0.39 is 0 Å². The summed E-state index contributed by atoms with van der Waals surface area (Å²) in [6, 6.07) is 0. The molecule has 0 aliphatic heterocycles. The van der Waals surface area contributed by atoms with E-state index in [-0.39, 0.29) is 18.0 Å². The zero-order valence-corrected chi connectivity index (χ0v) is 9.05. The van der Waals surface area contributed by atoms with Gasteiger partial charge in [0.1, 0.15) is 11.6 Å². The van der Waals surface area contributed by atoms with Gasteiger partial charge in [-0.3, -0.25) is 9.59 Å². The molecule has 0 saturated heterocycles. The summed E-state index contributed by atoms with van der Waals surface area (Å²) in [7, 11) is 0. The largest absolute Gasteiger partial charge is 0.300 e. The molecule has 0 amide bonds. The van der Waals surface area contributed by atoms with Crippen LogP contribution in [0.3, 0.4) is 0 Å². The number of carbonyl (C=O) groups is 2. The second kappa shape index (κ2) is 8.67. The molecule has 0 heterocycles. The highest BCUT2D eigenvalue weighted by Crippen LogP contribution is 2.06. The van der Waals surface area contributed by atoms with Crippen LogP contribution >= 0.6 is 0 Å². The number of hydrogen-bond donors (Lipinski definition) is 0. The van der Waals surface area contributed by atoms with Gasteiger partial charge < -0.3 is 0 Å². The first-order chi connectivity index (χ1) is 6.66. The van der Waals surface area contributed by atoms with E-state index >= 15 is 0 Å². The number of Topliss-reactive ketones (excluding diaryl/α,β-unsaturated/α-hetero) is 2. The van der Waals surface area contributed by atoms with Crippen LogP contribution in [0.2, 0.25) is 0 Å². The van der Waals surface area contributed by atoms with Crippen molar-refractivity contribution >= 4 is 11.6 Å². The molecule has 2 nitrogen and oxygen atoms in total. The lowest BCUT2D eigenvalue weighted by atomic mass is 10.1. The van der Waals surface area contributed by atoms with Crippen molar-refractivity contribution in [3.63, 3.8) is 0 Å². The minimum absolute atomic E-state index is 0.0262. The molecule has 80 valence electrons. The van der Waals surface area contributed by atoms with Gasteiger partial charge in [0, 0.05) is 6.42 Å². The Labute approximate surface area is 86.4 Å². The van der Waals surface area contributed by atoms with Gasteiger partial charge in [0.2, 0.25) is 0 Å². The highest BCUT2D eigenvalue weighted by Gasteiger charge is 2.04. The van der Waals surface area contributed by atoms with Crippen LogP contribution in [-0.4, -0.2) is 11.6 Å². The predicted molar refractivity (Wildman–Crippen MR) is 58.2 cm³/mol. The fourth-order valence-electron chi connectivity index (χ4n) is 1.33. The third-order valence-corrected chi connectivity index (χ3v) is 2.06. The smallest absolute Gasteiger partial charge is 0.140 e. The number of ketones is 2. The Balaban J connectivity index is 3.23. The molecule has 2 heteroatoms. The number of hydrogen-bond acceptors (Lipinski definition) is 2. The Morgan fingerprint density at radius 3 is 2.36 bits per heavy atom. The van der Waals surface area contributed by atoms with E-state index in [4.69, 9.17) is 0 Å². The zero-order chi connectivity index (χ0) is 10.8. The van der Waals surface area contributed by atoms with Crippen molar-refractivity contribution in [1.82, 2.24) is 0 Å². The van der Waals surface area contributed by atoms with Crippen LogP contribution in [0.4, 0.5) is 0 Å². The summed E-state index contributed by atoms with van der Waals surface area (Å²) in [5, 5.41) is 0. The molecular formula is C12H20O2. The minimum atomic E-state index is -0.0262. The summed E-state index contributed by atoms with van der Waals surface area (Å²) in [6.45, 7) is 5.11. The second-order valence-corrected chi connectivity index (χ2v) is 3.66. The van der Waals surface area contributed by atoms with E-state index in [9.17, 15) is 9.59 Å². The van der Waals surface area contributed by atoms with E-state index in [1.165, 1.54) is 6.92 Å². The predicted octanol–water partition coefficient (Wildman–Crippen LogP) is 3.06. The van der Waals surface area contributed by atoms with Gasteiger partial charge in [-0.1, -0.05) is 18.9 Å². The molecule has 0 aromatic rings. The van der Waals surface area contributed by atoms with Gasteiger partial charge in [0.25, 0.3) is 0 Å². The number of allylic oxidation sites excluding steroid dienone is 1. The highest BCUT2D eigenvalue weighted by molar-refractivity contribution is 5.97. The zero-order valence-electron chi connectivity index (χ0n) is 9.05. The van der Waals surface area contributed by atoms with Gasteiger partial charge in [-0.15, -0.1) is 6.58 Å². The van der Waals surface area contributed by atoms with Crippen LogP contribution in [0.15, 0.2) is 12.7 Å². The fourth-order valence-corrected chi connectivity index (χ4v) is 1.33. The highest BCUT2D eigenvalue weighted by atomic mass is 16.1. The van der Waals surface area contributed by atoms with Gasteiger partial charge in [-0.25, -0.2) is 0 Å². The number of carbonyl (C=O) groups excluding carboxylic acids is 2. The Morgan fingerprint density at radius 1 is 1.14 bits per heavy atom. The van der Waals surface area contributed by atoms with Crippen molar-refractivity contribution in [3.8, 4) is 0 Å². The molecule has 0 aliphatic carbocycles. The Bertz CT molecular complexity index is 194. The van der Waals surface area contributed by atoms with Gasteiger partial charge in [0.15, 0.2) is 0 Å².